The lowest BCUT2D eigenvalue weighted by molar-refractivity contribution is 0.590. The molecule has 0 spiro atoms. The van der Waals surface area contributed by atoms with Crippen LogP contribution < -0.4 is 15.1 Å². The molecule has 556 valence electrons. The number of para-hydroxylation sites is 2. The van der Waals surface area contributed by atoms with Gasteiger partial charge in [0.05, 0.1) is 38.8 Å². The molecule has 0 saturated heterocycles. The van der Waals surface area contributed by atoms with Gasteiger partial charge in [-0.2, -0.15) is 0 Å². The van der Waals surface area contributed by atoms with Gasteiger partial charge in [0.1, 0.15) is 0 Å². The predicted molar refractivity (Wildman–Crippen MR) is 484 cm³/mol. The van der Waals surface area contributed by atoms with Gasteiger partial charge in [-0.05, 0) is 234 Å². The molecule has 14 aromatic carbocycles. The van der Waals surface area contributed by atoms with Crippen molar-refractivity contribution in [2.24, 2.45) is 0 Å². The quantitative estimate of drug-likeness (QED) is 0.164. The Morgan fingerprint density at radius 1 is 0.243 bits per heavy atom. The lowest BCUT2D eigenvalue weighted by atomic mass is 9.86. The van der Waals surface area contributed by atoms with Crippen molar-refractivity contribution in [3.8, 4) is 0 Å². The Balaban J connectivity index is 0.000000163. The topological polar surface area (TPSA) is 27.3 Å². The second-order valence-electron chi connectivity index (χ2n) is 37.5. The fourth-order valence-electron chi connectivity index (χ4n) is 16.7. The Hall–Kier alpha value is -11.4. The summed E-state index contributed by atoms with van der Waals surface area (Å²) in [6.45, 7) is 45.2. The highest BCUT2D eigenvalue weighted by Crippen LogP contribution is 2.50. The van der Waals surface area contributed by atoms with Crippen molar-refractivity contribution in [1.82, 2.24) is 8.80 Å². The highest BCUT2D eigenvalue weighted by Gasteiger charge is 2.28. The molecule has 0 bridgehead atoms. The van der Waals surface area contributed by atoms with Gasteiger partial charge in [-0.15, -0.1) is 0 Å². The van der Waals surface area contributed by atoms with Crippen LogP contribution in [-0.4, -0.2) is 8.80 Å². The second-order valence-corrected chi connectivity index (χ2v) is 37.5. The molecule has 5 nitrogen and oxygen atoms in total. The SMILES string of the molecule is CC(C)(C)c1ccc(N(c2ccc(C(C)(C)C)cc2)c2ccc3cc4c5ccc(N(c6ccc(C(C)(C)C)cc6)c6ccc(C(C)(C)C)cc6)c6c7ccccc7n(c4cc3c2)c56)cc1.CC(C)(C)c1ccc(Nc2ccc(C(C)(C)C)cc2)cc1.Cc1ccc2cc3c4ccc(C)c5c6ccccc6n(c3cc2c1)c45. The first-order valence-corrected chi connectivity index (χ1v) is 39.9. The molecule has 0 radical (unpaired) electrons. The summed E-state index contributed by atoms with van der Waals surface area (Å²) < 4.78 is 4.99. The first-order chi connectivity index (χ1) is 52.6. The van der Waals surface area contributed by atoms with Gasteiger partial charge < -0.3 is 23.9 Å². The van der Waals surface area contributed by atoms with E-state index in [1.54, 1.807) is 0 Å². The molecular weight excluding hydrogens is 1340 g/mol. The minimum atomic E-state index is 0.0581. The van der Waals surface area contributed by atoms with Gasteiger partial charge in [0.25, 0.3) is 0 Å². The minimum absolute atomic E-state index is 0.0581. The van der Waals surface area contributed by atoms with Crippen molar-refractivity contribution in [2.75, 3.05) is 15.1 Å². The van der Waals surface area contributed by atoms with Crippen LogP contribution in [0.5, 0.6) is 0 Å². The average molecular weight is 1450 g/mol. The van der Waals surface area contributed by atoms with Crippen molar-refractivity contribution in [3.63, 3.8) is 0 Å². The van der Waals surface area contributed by atoms with E-state index in [-0.39, 0.29) is 32.5 Å². The molecule has 0 unspecified atom stereocenters. The van der Waals surface area contributed by atoms with Gasteiger partial charge in [-0.1, -0.05) is 282 Å². The third-order valence-corrected chi connectivity index (χ3v) is 23.2. The van der Waals surface area contributed by atoms with Crippen LogP contribution >= 0.6 is 0 Å². The highest BCUT2D eigenvalue weighted by molar-refractivity contribution is 6.29. The Kier molecular flexibility index (Phi) is 18.1. The largest absolute Gasteiger partial charge is 0.356 e. The summed E-state index contributed by atoms with van der Waals surface area (Å²) in [7, 11) is 0. The van der Waals surface area contributed by atoms with Gasteiger partial charge in [0.15, 0.2) is 0 Å². The monoisotopic (exact) mass is 1450 g/mol. The molecule has 1 N–H and O–H groups in total. The number of aryl methyl sites for hydroxylation is 2. The van der Waals surface area contributed by atoms with E-state index in [0.29, 0.717) is 0 Å². The van der Waals surface area contributed by atoms with Crippen molar-refractivity contribution < 1.29 is 0 Å². The van der Waals surface area contributed by atoms with Gasteiger partial charge >= 0.3 is 0 Å². The molecule has 18 aromatic rings. The van der Waals surface area contributed by atoms with Crippen LogP contribution in [-0.2, 0) is 32.5 Å². The van der Waals surface area contributed by atoms with E-state index in [1.165, 1.54) is 148 Å². The summed E-state index contributed by atoms with van der Waals surface area (Å²) in [4.78, 5) is 4.88. The molecule has 4 heterocycles. The standard InChI is InChI=1S/C62H63N3.C24H17N.C20H27N/c1-59(2,3)42-18-27-46(28-19-42)63(47-29-20-43(21-30-47)60(4,5)6)50-26-17-40-38-53-51-35-36-55(57-52-15-13-14-16-54(52)65(58(51)57)56(53)39-41(40)37-50)64(48-31-22-44(23-32-48)61(7,8)9)49-33-24-45(25-34-49)62(10,11)12;1-14-7-9-16-12-20-18-10-8-15(2)23-19-5-3-4-6-21(19)25(24(18)23)22(20)13-17(16)11-14;1-19(2,3)15-7-11-17(12-8-15)21-18-13-9-16(10-14-18)20(4,5)6/h13-39H,1-12H3;3-13H,1-2H3;7-14,21H,1-6H3. The Bertz CT molecular complexity index is 6310. The summed E-state index contributed by atoms with van der Waals surface area (Å²) in [5.74, 6) is 0. The van der Waals surface area contributed by atoms with Crippen LogP contribution in [0, 0.1) is 13.8 Å². The second kappa shape index (κ2) is 27.3. The van der Waals surface area contributed by atoms with E-state index in [1.807, 2.05) is 0 Å². The number of nitrogens with one attached hydrogen (secondary N) is 1. The van der Waals surface area contributed by atoms with Crippen LogP contribution in [0.2, 0.25) is 0 Å². The van der Waals surface area contributed by atoms with Gasteiger partial charge in [0.2, 0.25) is 0 Å². The Morgan fingerprint density at radius 3 is 0.982 bits per heavy atom. The zero-order chi connectivity index (χ0) is 78.2. The molecule has 0 aliphatic rings. The van der Waals surface area contributed by atoms with Crippen molar-refractivity contribution in [2.45, 2.75) is 171 Å². The number of anilines is 8. The lowest BCUT2D eigenvalue weighted by Crippen LogP contribution is -2.14. The zero-order valence-electron chi connectivity index (χ0n) is 68.8. The minimum Gasteiger partial charge on any atom is -0.356 e. The van der Waals surface area contributed by atoms with E-state index in [9.17, 15) is 0 Å². The van der Waals surface area contributed by atoms with Crippen LogP contribution in [0.15, 0.2) is 279 Å². The average Bonchev–Trinajstić information content (AvgIpc) is 1.54. The number of benzene rings is 14. The highest BCUT2D eigenvalue weighted by atomic mass is 15.2. The third kappa shape index (κ3) is 13.8. The fourth-order valence-corrected chi connectivity index (χ4v) is 16.7. The summed E-state index contributed by atoms with van der Waals surface area (Å²) in [6, 6.07) is 104. The van der Waals surface area contributed by atoms with Crippen LogP contribution in [0.25, 0.3) is 97.7 Å². The molecule has 18 rings (SSSR count). The molecule has 0 fully saturated rings. The fraction of sp³-hybridized carbons (Fsp3) is 0.245. The van der Waals surface area contributed by atoms with E-state index in [4.69, 9.17) is 0 Å². The Labute approximate surface area is 657 Å². The molecule has 4 aromatic heterocycles. The van der Waals surface area contributed by atoms with E-state index < -0.39 is 0 Å². The molecule has 0 aliphatic heterocycles. The summed E-state index contributed by atoms with van der Waals surface area (Å²) in [6.07, 6.45) is 0. The lowest BCUT2D eigenvalue weighted by Gasteiger charge is -2.28. The molecule has 111 heavy (non-hydrogen) atoms. The van der Waals surface area contributed by atoms with Crippen molar-refractivity contribution >= 4 is 143 Å². The number of nitrogens with zero attached hydrogens (tertiary/aromatic N) is 4. The first-order valence-electron chi connectivity index (χ1n) is 39.9. The third-order valence-electron chi connectivity index (χ3n) is 23.2. The summed E-state index contributed by atoms with van der Waals surface area (Å²) in [5, 5.41) is 19.0. The molecule has 5 heteroatoms. The maximum absolute atomic E-state index is 3.46. The zero-order valence-corrected chi connectivity index (χ0v) is 68.8. The number of rotatable bonds is 8. The number of hydrogen-bond acceptors (Lipinski definition) is 3. The van der Waals surface area contributed by atoms with Crippen LogP contribution in [0.1, 0.15) is 169 Å². The summed E-state index contributed by atoms with van der Waals surface area (Å²) in [5.41, 5.74) is 28.2. The Morgan fingerprint density at radius 2 is 0.577 bits per heavy atom. The van der Waals surface area contributed by atoms with E-state index >= 15 is 0 Å². The van der Waals surface area contributed by atoms with Crippen LogP contribution in [0.4, 0.5) is 45.5 Å². The van der Waals surface area contributed by atoms with Gasteiger partial charge in [-0.25, -0.2) is 0 Å². The smallest absolute Gasteiger partial charge is 0.0641 e. The summed E-state index contributed by atoms with van der Waals surface area (Å²) >= 11 is 0. The normalized spacial score (nSPS) is 12.7. The predicted octanol–water partition coefficient (Wildman–Crippen LogP) is 30.8. The maximum atomic E-state index is 3.46. The molecule has 0 aliphatic carbocycles. The molecule has 0 saturated carbocycles. The molecule has 0 amide bonds. The number of fused-ring (bicyclic) bond motifs is 14. The van der Waals surface area contributed by atoms with Gasteiger partial charge in [-0.3, -0.25) is 0 Å². The number of hydrogen-bond donors (Lipinski definition) is 1. The van der Waals surface area contributed by atoms with Crippen LogP contribution in [0.3, 0.4) is 0 Å². The first kappa shape index (κ1) is 73.7. The van der Waals surface area contributed by atoms with Crippen molar-refractivity contribution in [1.29, 1.82) is 0 Å². The number of aromatic nitrogens is 2. The van der Waals surface area contributed by atoms with E-state index in [0.717, 1.165) is 39.8 Å². The maximum Gasteiger partial charge on any atom is 0.0641 e. The van der Waals surface area contributed by atoms with Crippen molar-refractivity contribution in [3.05, 3.63) is 324 Å². The van der Waals surface area contributed by atoms with E-state index in [2.05, 4.69) is 441 Å². The van der Waals surface area contributed by atoms with Gasteiger partial charge in [0, 0.05) is 82.9 Å². The molecule has 0 atom stereocenters. The molecular formula is C106H107N5.